The van der Waals surface area contributed by atoms with Crippen LogP contribution in [0.25, 0.3) is 5.82 Å². The van der Waals surface area contributed by atoms with Crippen LogP contribution in [0, 0.1) is 0 Å². The minimum absolute atomic E-state index is 0.124. The highest BCUT2D eigenvalue weighted by molar-refractivity contribution is 5.86. The van der Waals surface area contributed by atoms with Crippen LogP contribution in [0.3, 0.4) is 0 Å². The Hall–Kier alpha value is -2.90. The number of aromatic nitrogens is 3. The highest BCUT2D eigenvalue weighted by Crippen LogP contribution is 2.08. The number of pyridine rings is 1. The number of amides is 1. The van der Waals surface area contributed by atoms with E-state index in [2.05, 4.69) is 25.6 Å². The van der Waals surface area contributed by atoms with E-state index >= 15 is 0 Å². The Morgan fingerprint density at radius 3 is 2.85 bits per heavy atom. The van der Waals surface area contributed by atoms with Crippen molar-refractivity contribution in [2.75, 3.05) is 26.2 Å². The van der Waals surface area contributed by atoms with Crippen molar-refractivity contribution < 1.29 is 4.79 Å². The van der Waals surface area contributed by atoms with E-state index in [9.17, 15) is 4.79 Å². The molecule has 1 aliphatic rings. The largest absolute Gasteiger partial charge is 0.357 e. The zero-order valence-corrected chi connectivity index (χ0v) is 15.1. The second-order valence-electron chi connectivity index (χ2n) is 6.13. The number of carbonyl (C=O) groups excluding carboxylic acids is 1. The first-order chi connectivity index (χ1) is 12.8. The van der Waals surface area contributed by atoms with E-state index in [1.165, 1.54) is 0 Å². The van der Waals surface area contributed by atoms with Crippen molar-refractivity contribution in [3.63, 3.8) is 0 Å². The molecule has 1 aliphatic heterocycles. The zero-order valence-electron chi connectivity index (χ0n) is 15.1. The third kappa shape index (κ3) is 4.81. The van der Waals surface area contributed by atoms with Gasteiger partial charge in [0, 0.05) is 38.2 Å². The summed E-state index contributed by atoms with van der Waals surface area (Å²) in [5.41, 5.74) is 1.03. The Balaban J connectivity index is 1.60. The van der Waals surface area contributed by atoms with E-state index in [0.717, 1.165) is 43.9 Å². The predicted octanol–water partition coefficient (Wildman–Crippen LogP) is 0.945. The molecule has 0 saturated carbocycles. The summed E-state index contributed by atoms with van der Waals surface area (Å²) in [5.74, 6) is 1.57. The summed E-state index contributed by atoms with van der Waals surface area (Å²) in [5, 5.41) is 6.30. The van der Waals surface area contributed by atoms with Gasteiger partial charge in [-0.25, -0.2) is 15.0 Å². The van der Waals surface area contributed by atoms with Gasteiger partial charge in [0.25, 0.3) is 0 Å². The van der Waals surface area contributed by atoms with Crippen molar-refractivity contribution in [2.45, 2.75) is 26.3 Å². The number of nitrogens with zero attached hydrogens (tertiary/aromatic N) is 5. The Morgan fingerprint density at radius 1 is 1.27 bits per heavy atom. The number of imidazole rings is 1. The molecule has 3 rings (SSSR count). The van der Waals surface area contributed by atoms with Crippen molar-refractivity contribution in [2.24, 2.45) is 4.99 Å². The Morgan fingerprint density at radius 2 is 2.12 bits per heavy atom. The third-order valence-corrected chi connectivity index (χ3v) is 4.21. The SMILES string of the molecule is CCNC(=NCc1ccnc(-n2ccnc2)c1)NCC(=O)N1CCCC1. The molecule has 1 fully saturated rings. The molecule has 2 aromatic rings. The molecular formula is C18H25N7O. The van der Waals surface area contributed by atoms with Crippen LogP contribution in [-0.4, -0.2) is 57.5 Å². The van der Waals surface area contributed by atoms with Crippen molar-refractivity contribution in [3.8, 4) is 5.82 Å². The normalized spacial score (nSPS) is 14.5. The smallest absolute Gasteiger partial charge is 0.241 e. The first-order valence-corrected chi connectivity index (χ1v) is 8.99. The van der Waals surface area contributed by atoms with E-state index in [4.69, 9.17) is 0 Å². The van der Waals surface area contributed by atoms with Gasteiger partial charge in [0.2, 0.25) is 5.91 Å². The van der Waals surface area contributed by atoms with E-state index in [1.54, 1.807) is 18.7 Å². The summed E-state index contributed by atoms with van der Waals surface area (Å²) in [6, 6.07) is 3.91. The quantitative estimate of drug-likeness (QED) is 0.595. The summed E-state index contributed by atoms with van der Waals surface area (Å²) >= 11 is 0. The molecule has 0 aliphatic carbocycles. The molecule has 1 amide bonds. The van der Waals surface area contributed by atoms with E-state index < -0.39 is 0 Å². The lowest BCUT2D eigenvalue weighted by atomic mass is 10.2. The number of hydrogen-bond donors (Lipinski definition) is 2. The number of guanidine groups is 1. The Bertz CT molecular complexity index is 736. The maximum atomic E-state index is 12.2. The lowest BCUT2D eigenvalue weighted by Gasteiger charge is -2.17. The van der Waals surface area contributed by atoms with Gasteiger partial charge in [-0.15, -0.1) is 0 Å². The molecule has 3 heterocycles. The van der Waals surface area contributed by atoms with Crippen LogP contribution in [0.15, 0.2) is 42.0 Å². The van der Waals surface area contributed by atoms with E-state index in [1.807, 2.05) is 34.7 Å². The van der Waals surface area contributed by atoms with Crippen molar-refractivity contribution >= 4 is 11.9 Å². The average molecular weight is 355 g/mol. The molecule has 1 saturated heterocycles. The average Bonchev–Trinajstić information content (AvgIpc) is 3.38. The molecule has 2 aromatic heterocycles. The monoisotopic (exact) mass is 355 g/mol. The van der Waals surface area contributed by atoms with Gasteiger partial charge in [0.05, 0.1) is 13.1 Å². The Kier molecular flexibility index (Phi) is 6.19. The molecule has 0 bridgehead atoms. The molecule has 8 nitrogen and oxygen atoms in total. The molecule has 0 spiro atoms. The number of rotatable bonds is 6. The predicted molar refractivity (Wildman–Crippen MR) is 100.0 cm³/mol. The van der Waals surface area contributed by atoms with Gasteiger partial charge in [-0.05, 0) is 37.5 Å². The molecule has 0 radical (unpaired) electrons. The summed E-state index contributed by atoms with van der Waals surface area (Å²) in [4.78, 5) is 27.0. The zero-order chi connectivity index (χ0) is 18.2. The maximum Gasteiger partial charge on any atom is 0.241 e. The highest BCUT2D eigenvalue weighted by Gasteiger charge is 2.17. The third-order valence-electron chi connectivity index (χ3n) is 4.21. The van der Waals surface area contributed by atoms with Crippen molar-refractivity contribution in [1.82, 2.24) is 30.1 Å². The fourth-order valence-corrected chi connectivity index (χ4v) is 2.84. The molecule has 8 heteroatoms. The van der Waals surface area contributed by atoms with Crippen LogP contribution in [-0.2, 0) is 11.3 Å². The van der Waals surface area contributed by atoms with Crippen LogP contribution in [0.1, 0.15) is 25.3 Å². The van der Waals surface area contributed by atoms with E-state index in [0.29, 0.717) is 12.5 Å². The highest BCUT2D eigenvalue weighted by atomic mass is 16.2. The molecule has 2 N–H and O–H groups in total. The molecule has 138 valence electrons. The van der Waals surface area contributed by atoms with Gasteiger partial charge in [0.15, 0.2) is 5.96 Å². The van der Waals surface area contributed by atoms with Crippen LogP contribution in [0.2, 0.25) is 0 Å². The Labute approximate surface area is 153 Å². The summed E-state index contributed by atoms with van der Waals surface area (Å²) in [6.07, 6.45) is 9.24. The van der Waals surface area contributed by atoms with Gasteiger partial charge < -0.3 is 15.5 Å². The van der Waals surface area contributed by atoms with Crippen LogP contribution in [0.5, 0.6) is 0 Å². The second kappa shape index (κ2) is 8.98. The fraction of sp³-hybridized carbons (Fsp3) is 0.444. The second-order valence-corrected chi connectivity index (χ2v) is 6.13. The van der Waals surface area contributed by atoms with Gasteiger partial charge in [0.1, 0.15) is 12.1 Å². The summed E-state index contributed by atoms with van der Waals surface area (Å²) in [7, 11) is 0. The summed E-state index contributed by atoms with van der Waals surface area (Å²) in [6.45, 7) is 5.23. The van der Waals surface area contributed by atoms with Crippen LogP contribution < -0.4 is 10.6 Å². The van der Waals surface area contributed by atoms with Crippen LogP contribution >= 0.6 is 0 Å². The molecule has 0 unspecified atom stereocenters. The van der Waals surface area contributed by atoms with Gasteiger partial charge in [-0.3, -0.25) is 9.36 Å². The van der Waals surface area contributed by atoms with E-state index in [-0.39, 0.29) is 12.5 Å². The number of likely N-dealkylation sites (tertiary alicyclic amines) is 1. The summed E-state index contributed by atoms with van der Waals surface area (Å²) < 4.78 is 1.85. The van der Waals surface area contributed by atoms with Gasteiger partial charge >= 0.3 is 0 Å². The molecule has 0 aromatic carbocycles. The number of aliphatic imine (C=N–C) groups is 1. The number of nitrogens with one attached hydrogen (secondary N) is 2. The first-order valence-electron chi connectivity index (χ1n) is 8.99. The maximum absolute atomic E-state index is 12.2. The van der Waals surface area contributed by atoms with Crippen molar-refractivity contribution in [3.05, 3.63) is 42.6 Å². The topological polar surface area (TPSA) is 87.4 Å². The lowest BCUT2D eigenvalue weighted by Crippen LogP contribution is -2.44. The lowest BCUT2D eigenvalue weighted by molar-refractivity contribution is -0.128. The van der Waals surface area contributed by atoms with Gasteiger partial charge in [-0.1, -0.05) is 0 Å². The standard InChI is InChI=1S/C18H25N7O/c1-2-20-18(23-13-17(26)24-8-3-4-9-24)22-12-15-5-6-21-16(11-15)25-10-7-19-14-25/h5-7,10-11,14H,2-4,8-9,12-13H2,1H3,(H2,20,22,23). The number of carbonyl (C=O) groups is 1. The van der Waals surface area contributed by atoms with Crippen molar-refractivity contribution in [1.29, 1.82) is 0 Å². The molecular weight excluding hydrogens is 330 g/mol. The fourth-order valence-electron chi connectivity index (χ4n) is 2.84. The number of hydrogen-bond acceptors (Lipinski definition) is 4. The first kappa shape index (κ1) is 17.9. The molecule has 26 heavy (non-hydrogen) atoms. The van der Waals surface area contributed by atoms with Crippen LogP contribution in [0.4, 0.5) is 0 Å². The minimum Gasteiger partial charge on any atom is -0.357 e. The molecule has 0 atom stereocenters. The van der Waals surface area contributed by atoms with Gasteiger partial charge in [-0.2, -0.15) is 0 Å². The minimum atomic E-state index is 0.124.